The zero-order valence-electron chi connectivity index (χ0n) is 16.6. The minimum atomic E-state index is -0.608. The standard InChI is InChI=1S/C21H23N5O3/c1-13-6-4-8-16(23-13)20-25-17(12-19(26-20)28-2)15(21(27)29-3)11-10-14-7-5-9-18(22)24-14/h4-9,12,15H,10-11H2,1-3H3,(H2,22,24). The van der Waals surface area contributed by atoms with Crippen LogP contribution >= 0.6 is 0 Å². The van der Waals surface area contributed by atoms with Crippen LogP contribution in [-0.4, -0.2) is 40.1 Å². The molecule has 150 valence electrons. The lowest BCUT2D eigenvalue weighted by Gasteiger charge is -2.16. The van der Waals surface area contributed by atoms with Gasteiger partial charge in [0, 0.05) is 17.5 Å². The first-order valence-corrected chi connectivity index (χ1v) is 9.16. The van der Waals surface area contributed by atoms with Crippen LogP contribution in [0.5, 0.6) is 5.88 Å². The fourth-order valence-corrected chi connectivity index (χ4v) is 2.97. The van der Waals surface area contributed by atoms with E-state index in [0.29, 0.717) is 41.8 Å². The summed E-state index contributed by atoms with van der Waals surface area (Å²) in [6, 6.07) is 12.7. The summed E-state index contributed by atoms with van der Waals surface area (Å²) < 4.78 is 10.3. The Morgan fingerprint density at radius 2 is 1.86 bits per heavy atom. The van der Waals surface area contributed by atoms with Crippen LogP contribution in [0.25, 0.3) is 11.5 Å². The third-order valence-electron chi connectivity index (χ3n) is 4.41. The second kappa shape index (κ2) is 9.09. The van der Waals surface area contributed by atoms with Crippen LogP contribution in [-0.2, 0) is 16.0 Å². The minimum Gasteiger partial charge on any atom is -0.481 e. The summed E-state index contributed by atoms with van der Waals surface area (Å²) in [7, 11) is 2.87. The molecule has 1 atom stereocenters. The van der Waals surface area contributed by atoms with E-state index in [0.717, 1.165) is 11.4 Å². The van der Waals surface area contributed by atoms with Gasteiger partial charge in [0.05, 0.1) is 25.8 Å². The predicted octanol–water partition coefficient (Wildman–Crippen LogP) is 2.72. The maximum atomic E-state index is 12.5. The topological polar surface area (TPSA) is 113 Å². The number of aryl methyl sites for hydroxylation is 2. The van der Waals surface area contributed by atoms with Gasteiger partial charge in [-0.2, -0.15) is 4.98 Å². The summed E-state index contributed by atoms with van der Waals surface area (Å²) in [6.07, 6.45) is 0.985. The quantitative estimate of drug-likeness (QED) is 0.610. The van der Waals surface area contributed by atoms with E-state index < -0.39 is 11.9 Å². The number of hydrogen-bond acceptors (Lipinski definition) is 8. The first-order valence-electron chi connectivity index (χ1n) is 9.16. The number of nitrogens with zero attached hydrogens (tertiary/aromatic N) is 4. The number of carbonyl (C=O) groups is 1. The Balaban J connectivity index is 1.96. The summed E-state index contributed by atoms with van der Waals surface area (Å²) in [5.41, 5.74) is 8.49. The predicted molar refractivity (Wildman–Crippen MR) is 108 cm³/mol. The minimum absolute atomic E-state index is 0.351. The molecule has 0 bridgehead atoms. The van der Waals surface area contributed by atoms with Crippen molar-refractivity contribution < 1.29 is 14.3 Å². The van der Waals surface area contributed by atoms with Crippen LogP contribution in [0.15, 0.2) is 42.5 Å². The highest BCUT2D eigenvalue weighted by molar-refractivity contribution is 5.77. The fourth-order valence-electron chi connectivity index (χ4n) is 2.97. The lowest BCUT2D eigenvalue weighted by atomic mass is 9.97. The summed E-state index contributed by atoms with van der Waals surface area (Å²) in [5, 5.41) is 0. The van der Waals surface area contributed by atoms with Crippen LogP contribution in [0.1, 0.15) is 29.4 Å². The number of ether oxygens (including phenoxy) is 2. The Morgan fingerprint density at radius 3 is 2.55 bits per heavy atom. The molecule has 0 fully saturated rings. The average molecular weight is 393 g/mol. The third-order valence-corrected chi connectivity index (χ3v) is 4.41. The van der Waals surface area contributed by atoms with Gasteiger partial charge in [-0.25, -0.2) is 15.0 Å². The van der Waals surface area contributed by atoms with Crippen LogP contribution in [0.3, 0.4) is 0 Å². The lowest BCUT2D eigenvalue weighted by Crippen LogP contribution is -2.18. The number of nitrogens with two attached hydrogens (primary N) is 1. The number of aromatic nitrogens is 4. The van der Waals surface area contributed by atoms with E-state index in [2.05, 4.69) is 19.9 Å². The van der Waals surface area contributed by atoms with Crippen LogP contribution < -0.4 is 10.5 Å². The second-order valence-electron chi connectivity index (χ2n) is 6.49. The lowest BCUT2D eigenvalue weighted by molar-refractivity contribution is -0.142. The van der Waals surface area contributed by atoms with Crippen LogP contribution in [0.2, 0.25) is 0 Å². The molecule has 0 saturated heterocycles. The molecule has 3 rings (SSSR count). The van der Waals surface area contributed by atoms with Gasteiger partial charge in [0.25, 0.3) is 0 Å². The summed E-state index contributed by atoms with van der Waals surface area (Å²) in [6.45, 7) is 1.89. The number of rotatable bonds is 7. The molecule has 0 aromatic carbocycles. The van der Waals surface area contributed by atoms with Gasteiger partial charge in [0.1, 0.15) is 11.5 Å². The molecule has 3 aromatic rings. The van der Waals surface area contributed by atoms with Crippen LogP contribution in [0.4, 0.5) is 5.82 Å². The SMILES string of the molecule is COC(=O)C(CCc1cccc(N)n1)c1cc(OC)nc(-c2cccc(C)n2)n1. The normalized spacial score (nSPS) is 11.7. The van der Waals surface area contributed by atoms with Gasteiger partial charge in [-0.1, -0.05) is 12.1 Å². The molecular weight excluding hydrogens is 370 g/mol. The number of esters is 1. The van der Waals surface area contributed by atoms with E-state index in [-0.39, 0.29) is 0 Å². The van der Waals surface area contributed by atoms with E-state index >= 15 is 0 Å². The molecule has 0 saturated carbocycles. The van der Waals surface area contributed by atoms with Gasteiger partial charge in [0.15, 0.2) is 5.82 Å². The Labute approximate surface area is 169 Å². The Morgan fingerprint density at radius 1 is 1.07 bits per heavy atom. The number of hydrogen-bond donors (Lipinski definition) is 1. The highest BCUT2D eigenvalue weighted by Crippen LogP contribution is 2.27. The van der Waals surface area contributed by atoms with Crippen molar-refractivity contribution in [3.8, 4) is 17.4 Å². The average Bonchev–Trinajstić information content (AvgIpc) is 2.73. The molecule has 8 nitrogen and oxygen atoms in total. The number of pyridine rings is 2. The molecule has 3 heterocycles. The van der Waals surface area contributed by atoms with Gasteiger partial charge in [-0.15, -0.1) is 0 Å². The van der Waals surface area contributed by atoms with Gasteiger partial charge >= 0.3 is 5.97 Å². The zero-order valence-corrected chi connectivity index (χ0v) is 16.6. The Hall–Kier alpha value is -3.55. The molecule has 2 N–H and O–H groups in total. The zero-order chi connectivity index (χ0) is 20.8. The van der Waals surface area contributed by atoms with Gasteiger partial charge in [-0.3, -0.25) is 4.79 Å². The number of anilines is 1. The van der Waals surface area contributed by atoms with Crippen molar-refractivity contribution in [2.75, 3.05) is 20.0 Å². The van der Waals surface area contributed by atoms with Gasteiger partial charge in [0.2, 0.25) is 5.88 Å². The maximum Gasteiger partial charge on any atom is 0.314 e. The first kappa shape index (κ1) is 20.2. The molecule has 0 spiro atoms. The second-order valence-corrected chi connectivity index (χ2v) is 6.49. The number of carbonyl (C=O) groups excluding carboxylic acids is 1. The van der Waals surface area contributed by atoms with Crippen molar-refractivity contribution in [2.45, 2.75) is 25.7 Å². The van der Waals surface area contributed by atoms with Crippen molar-refractivity contribution >= 4 is 11.8 Å². The monoisotopic (exact) mass is 393 g/mol. The molecule has 29 heavy (non-hydrogen) atoms. The van der Waals surface area contributed by atoms with E-state index in [1.807, 2.05) is 37.3 Å². The van der Waals surface area contributed by atoms with E-state index in [4.69, 9.17) is 15.2 Å². The fraction of sp³-hybridized carbons (Fsp3) is 0.286. The number of nitrogen functional groups attached to an aromatic ring is 1. The molecule has 8 heteroatoms. The highest BCUT2D eigenvalue weighted by Gasteiger charge is 2.25. The molecule has 0 aliphatic carbocycles. The molecular formula is C21H23N5O3. The molecule has 0 radical (unpaired) electrons. The largest absolute Gasteiger partial charge is 0.481 e. The molecule has 0 aliphatic heterocycles. The van der Waals surface area contributed by atoms with Crippen molar-refractivity contribution in [1.82, 2.24) is 19.9 Å². The molecule has 3 aromatic heterocycles. The van der Waals surface area contributed by atoms with Gasteiger partial charge < -0.3 is 15.2 Å². The smallest absolute Gasteiger partial charge is 0.314 e. The molecule has 1 unspecified atom stereocenters. The summed E-state index contributed by atoms with van der Waals surface area (Å²) in [5.74, 6) is 0.179. The molecule has 0 aliphatic rings. The van der Waals surface area contributed by atoms with E-state index in [1.54, 1.807) is 12.1 Å². The highest BCUT2D eigenvalue weighted by atomic mass is 16.5. The van der Waals surface area contributed by atoms with Crippen molar-refractivity contribution in [1.29, 1.82) is 0 Å². The number of methoxy groups -OCH3 is 2. The summed E-state index contributed by atoms with van der Waals surface area (Å²) in [4.78, 5) is 30.3. The Bertz CT molecular complexity index is 1010. The Kier molecular flexibility index (Phi) is 6.33. The summed E-state index contributed by atoms with van der Waals surface area (Å²) >= 11 is 0. The van der Waals surface area contributed by atoms with Crippen LogP contribution in [0, 0.1) is 6.92 Å². The first-order chi connectivity index (χ1) is 14.0. The van der Waals surface area contributed by atoms with E-state index in [9.17, 15) is 4.79 Å². The maximum absolute atomic E-state index is 12.5. The third kappa shape index (κ3) is 5.04. The van der Waals surface area contributed by atoms with E-state index in [1.165, 1.54) is 14.2 Å². The van der Waals surface area contributed by atoms with Gasteiger partial charge in [-0.05, 0) is 44.0 Å². The molecule has 0 amide bonds. The van der Waals surface area contributed by atoms with Crippen molar-refractivity contribution in [3.05, 3.63) is 59.5 Å². The van der Waals surface area contributed by atoms with Crippen molar-refractivity contribution in [2.24, 2.45) is 0 Å². The van der Waals surface area contributed by atoms with Crippen molar-refractivity contribution in [3.63, 3.8) is 0 Å².